The van der Waals surface area contributed by atoms with Gasteiger partial charge in [-0.05, 0) is 42.7 Å². The van der Waals surface area contributed by atoms with Crippen LogP contribution in [0, 0.1) is 5.92 Å². The Morgan fingerprint density at radius 3 is 2.36 bits per heavy atom. The molecule has 1 fully saturated rings. The maximum Gasteiger partial charge on any atom is 0.264 e. The van der Waals surface area contributed by atoms with Crippen molar-refractivity contribution >= 4 is 33.8 Å². The first kappa shape index (κ1) is 17.5. The fraction of sp³-hybridized carbons (Fsp3) is 0.368. The van der Waals surface area contributed by atoms with E-state index in [0.29, 0.717) is 11.4 Å². The predicted octanol–water partition coefficient (Wildman–Crippen LogP) is 3.43. The van der Waals surface area contributed by atoms with Crippen LogP contribution in [0.3, 0.4) is 0 Å². The summed E-state index contributed by atoms with van der Waals surface area (Å²) in [7, 11) is 5.80. The molecule has 1 saturated carbocycles. The van der Waals surface area contributed by atoms with Crippen LogP contribution in [0.15, 0.2) is 36.4 Å². The Morgan fingerprint density at radius 1 is 1.08 bits per heavy atom. The minimum atomic E-state index is -0.0337. The summed E-state index contributed by atoms with van der Waals surface area (Å²) >= 11 is 1.33. The lowest BCUT2D eigenvalue weighted by Crippen LogP contribution is -2.25. The fourth-order valence-electron chi connectivity index (χ4n) is 2.52. The van der Waals surface area contributed by atoms with Crippen LogP contribution in [0.5, 0.6) is 0 Å². The molecule has 132 valence electrons. The third-order valence-electron chi connectivity index (χ3n) is 4.23. The Labute approximate surface area is 152 Å². The first-order valence-electron chi connectivity index (χ1n) is 8.36. The van der Waals surface area contributed by atoms with Gasteiger partial charge in [-0.15, -0.1) is 11.3 Å². The van der Waals surface area contributed by atoms with Crippen molar-refractivity contribution in [2.24, 2.45) is 5.92 Å². The minimum Gasteiger partial charge on any atom is -0.378 e. The van der Waals surface area contributed by atoms with Crippen LogP contribution in [0.1, 0.15) is 28.1 Å². The highest BCUT2D eigenvalue weighted by atomic mass is 32.1. The standard InChI is InChI=1S/C19H23N3O2S/c1-21(2)15-8-4-13(5-9-15)12-22(3)19(24)16-10-11-17(25-16)20-18(23)14-6-7-14/h4-5,8-11,14H,6-7,12H2,1-3H3,(H,20,23). The monoisotopic (exact) mass is 357 g/mol. The molecular weight excluding hydrogens is 334 g/mol. The van der Waals surface area contributed by atoms with E-state index in [2.05, 4.69) is 5.32 Å². The largest absolute Gasteiger partial charge is 0.378 e. The van der Waals surface area contributed by atoms with Crippen molar-refractivity contribution in [2.75, 3.05) is 31.4 Å². The zero-order valence-electron chi connectivity index (χ0n) is 14.8. The quantitative estimate of drug-likeness (QED) is 0.862. The number of nitrogens with one attached hydrogen (secondary N) is 1. The zero-order chi connectivity index (χ0) is 18.0. The molecule has 2 amide bonds. The molecule has 0 spiro atoms. The molecule has 0 unspecified atom stereocenters. The normalized spacial score (nSPS) is 13.4. The Hall–Kier alpha value is -2.34. The summed E-state index contributed by atoms with van der Waals surface area (Å²) in [4.78, 5) is 28.8. The Kier molecular flexibility index (Phi) is 5.08. The molecule has 25 heavy (non-hydrogen) atoms. The number of hydrogen-bond acceptors (Lipinski definition) is 4. The van der Waals surface area contributed by atoms with Crippen molar-refractivity contribution in [3.05, 3.63) is 46.8 Å². The first-order valence-corrected chi connectivity index (χ1v) is 9.18. The first-order chi connectivity index (χ1) is 11.9. The third-order valence-corrected chi connectivity index (χ3v) is 5.22. The minimum absolute atomic E-state index is 0.0337. The van der Waals surface area contributed by atoms with Crippen LogP contribution in [0.2, 0.25) is 0 Å². The van der Waals surface area contributed by atoms with E-state index in [0.717, 1.165) is 29.1 Å². The van der Waals surface area contributed by atoms with Gasteiger partial charge < -0.3 is 15.1 Å². The second kappa shape index (κ2) is 7.27. The molecule has 0 radical (unpaired) electrons. The van der Waals surface area contributed by atoms with E-state index in [1.165, 1.54) is 11.3 Å². The van der Waals surface area contributed by atoms with Crippen LogP contribution in [-0.4, -0.2) is 37.9 Å². The van der Waals surface area contributed by atoms with Crippen molar-refractivity contribution < 1.29 is 9.59 Å². The lowest BCUT2D eigenvalue weighted by atomic mass is 10.2. The van der Waals surface area contributed by atoms with Crippen LogP contribution < -0.4 is 10.2 Å². The maximum absolute atomic E-state index is 12.6. The summed E-state index contributed by atoms with van der Waals surface area (Å²) in [6.07, 6.45) is 1.94. The molecule has 1 heterocycles. The van der Waals surface area contributed by atoms with Gasteiger partial charge in [0.15, 0.2) is 0 Å². The summed E-state index contributed by atoms with van der Waals surface area (Å²) in [5.74, 6) is 0.192. The van der Waals surface area contributed by atoms with E-state index >= 15 is 0 Å². The van der Waals surface area contributed by atoms with Crippen molar-refractivity contribution in [1.29, 1.82) is 0 Å². The van der Waals surface area contributed by atoms with Gasteiger partial charge in [0.1, 0.15) is 0 Å². The summed E-state index contributed by atoms with van der Waals surface area (Å²) in [6, 6.07) is 11.7. The summed E-state index contributed by atoms with van der Waals surface area (Å²) in [5, 5.41) is 3.63. The summed E-state index contributed by atoms with van der Waals surface area (Å²) < 4.78 is 0. The van der Waals surface area contributed by atoms with Crippen LogP contribution in [0.4, 0.5) is 10.7 Å². The second-order valence-corrected chi connectivity index (χ2v) is 7.73. The van der Waals surface area contributed by atoms with Gasteiger partial charge in [0.25, 0.3) is 5.91 Å². The SMILES string of the molecule is CN(Cc1ccc(N(C)C)cc1)C(=O)c1ccc(NC(=O)C2CC2)s1. The average Bonchev–Trinajstić information content (AvgIpc) is 3.35. The van der Waals surface area contributed by atoms with E-state index in [1.807, 2.05) is 43.3 Å². The molecule has 0 saturated heterocycles. The van der Waals surface area contributed by atoms with E-state index in [1.54, 1.807) is 24.1 Å². The van der Waals surface area contributed by atoms with Crippen molar-refractivity contribution in [3.8, 4) is 0 Å². The Morgan fingerprint density at radius 2 is 1.76 bits per heavy atom. The molecule has 1 aromatic carbocycles. The number of amides is 2. The van der Waals surface area contributed by atoms with Gasteiger partial charge in [-0.3, -0.25) is 9.59 Å². The lowest BCUT2D eigenvalue weighted by Gasteiger charge is -2.17. The van der Waals surface area contributed by atoms with Gasteiger partial charge in [0, 0.05) is 39.3 Å². The molecular formula is C19H23N3O2S. The number of carbonyl (C=O) groups is 2. The number of rotatable bonds is 6. The molecule has 0 atom stereocenters. The van der Waals surface area contributed by atoms with Crippen LogP contribution >= 0.6 is 11.3 Å². The number of hydrogen-bond donors (Lipinski definition) is 1. The Bertz CT molecular complexity index is 763. The highest BCUT2D eigenvalue weighted by molar-refractivity contribution is 7.18. The fourth-order valence-corrected chi connectivity index (χ4v) is 3.43. The predicted molar refractivity (Wildman–Crippen MR) is 102 cm³/mol. The van der Waals surface area contributed by atoms with E-state index in [-0.39, 0.29) is 17.7 Å². The zero-order valence-corrected chi connectivity index (χ0v) is 15.6. The van der Waals surface area contributed by atoms with Gasteiger partial charge in [0.05, 0.1) is 9.88 Å². The van der Waals surface area contributed by atoms with E-state index in [9.17, 15) is 9.59 Å². The van der Waals surface area contributed by atoms with Gasteiger partial charge >= 0.3 is 0 Å². The highest BCUT2D eigenvalue weighted by Gasteiger charge is 2.30. The number of nitrogens with zero attached hydrogens (tertiary/aromatic N) is 2. The maximum atomic E-state index is 12.6. The van der Waals surface area contributed by atoms with Crippen molar-refractivity contribution in [3.63, 3.8) is 0 Å². The molecule has 1 aliphatic rings. The summed E-state index contributed by atoms with van der Waals surface area (Å²) in [6.45, 7) is 0.550. The topological polar surface area (TPSA) is 52.6 Å². The number of carbonyl (C=O) groups excluding carboxylic acids is 2. The second-order valence-electron chi connectivity index (χ2n) is 6.65. The van der Waals surface area contributed by atoms with Crippen molar-refractivity contribution in [1.82, 2.24) is 4.90 Å². The Balaban J connectivity index is 1.59. The van der Waals surface area contributed by atoms with E-state index in [4.69, 9.17) is 0 Å². The number of anilines is 2. The van der Waals surface area contributed by atoms with Gasteiger partial charge in [-0.2, -0.15) is 0 Å². The average molecular weight is 357 g/mol. The molecule has 1 aromatic heterocycles. The van der Waals surface area contributed by atoms with E-state index < -0.39 is 0 Å². The molecule has 6 heteroatoms. The van der Waals surface area contributed by atoms with Gasteiger partial charge in [-0.1, -0.05) is 12.1 Å². The molecule has 0 aliphatic heterocycles. The molecule has 0 bridgehead atoms. The molecule has 1 N–H and O–H groups in total. The smallest absolute Gasteiger partial charge is 0.264 e. The lowest BCUT2D eigenvalue weighted by molar-refractivity contribution is -0.117. The van der Waals surface area contributed by atoms with Gasteiger partial charge in [0.2, 0.25) is 5.91 Å². The van der Waals surface area contributed by atoms with Crippen LogP contribution in [-0.2, 0) is 11.3 Å². The molecule has 2 aromatic rings. The molecule has 3 rings (SSSR count). The van der Waals surface area contributed by atoms with Crippen LogP contribution in [0.25, 0.3) is 0 Å². The highest BCUT2D eigenvalue weighted by Crippen LogP contribution is 2.31. The molecule has 1 aliphatic carbocycles. The van der Waals surface area contributed by atoms with Gasteiger partial charge in [-0.25, -0.2) is 0 Å². The van der Waals surface area contributed by atoms with Crippen molar-refractivity contribution in [2.45, 2.75) is 19.4 Å². The number of benzene rings is 1. The molecule has 5 nitrogen and oxygen atoms in total. The number of thiophene rings is 1. The summed E-state index contributed by atoms with van der Waals surface area (Å²) in [5.41, 5.74) is 2.22. The third kappa shape index (κ3) is 4.39.